The van der Waals surface area contributed by atoms with Crippen LogP contribution in [0.25, 0.3) is 0 Å². The molecule has 0 radical (unpaired) electrons. The Bertz CT molecular complexity index is 621. The third-order valence-electron chi connectivity index (χ3n) is 4.30. The number of hydrogen-bond donors (Lipinski definition) is 1. The number of benzene rings is 1. The average molecular weight is 308 g/mol. The lowest BCUT2D eigenvalue weighted by atomic mass is 10.1. The van der Waals surface area contributed by atoms with E-state index < -0.39 is 10.0 Å². The molecule has 1 heterocycles. The molecule has 0 saturated heterocycles. The molecule has 5 heteroatoms. The highest BCUT2D eigenvalue weighted by molar-refractivity contribution is 7.89. The van der Waals surface area contributed by atoms with Gasteiger partial charge in [-0.05, 0) is 48.4 Å². The topological polar surface area (TPSA) is 49.4 Å². The monoisotopic (exact) mass is 308 g/mol. The van der Waals surface area contributed by atoms with Gasteiger partial charge in [-0.2, -0.15) is 4.31 Å². The van der Waals surface area contributed by atoms with Gasteiger partial charge in [0.2, 0.25) is 10.0 Å². The first-order chi connectivity index (χ1) is 9.98. The van der Waals surface area contributed by atoms with Gasteiger partial charge in [0, 0.05) is 25.7 Å². The summed E-state index contributed by atoms with van der Waals surface area (Å²) in [6, 6.07) is 5.80. The highest BCUT2D eigenvalue weighted by Gasteiger charge is 2.38. The molecule has 0 amide bonds. The summed E-state index contributed by atoms with van der Waals surface area (Å²) in [6.45, 7) is 6.53. The normalized spacial score (nSPS) is 18.5. The molecule has 1 aromatic rings. The minimum Gasteiger partial charge on any atom is -0.309 e. The highest BCUT2D eigenvalue weighted by atomic mass is 32.2. The van der Waals surface area contributed by atoms with Crippen LogP contribution >= 0.6 is 0 Å². The van der Waals surface area contributed by atoms with Crippen LogP contribution < -0.4 is 5.32 Å². The largest absolute Gasteiger partial charge is 0.309 e. The Kier molecular flexibility index (Phi) is 4.08. The Morgan fingerprint density at radius 3 is 2.62 bits per heavy atom. The van der Waals surface area contributed by atoms with Crippen LogP contribution in [-0.4, -0.2) is 25.3 Å². The first-order valence-corrected chi connectivity index (χ1v) is 9.27. The number of nitrogens with one attached hydrogen (secondary N) is 1. The van der Waals surface area contributed by atoms with Crippen LogP contribution in [0, 0.1) is 5.92 Å². The number of rotatable bonds is 6. The molecule has 116 valence electrons. The van der Waals surface area contributed by atoms with Gasteiger partial charge in [-0.25, -0.2) is 8.42 Å². The Morgan fingerprint density at radius 2 is 1.95 bits per heavy atom. The van der Waals surface area contributed by atoms with Crippen LogP contribution in [-0.2, 0) is 23.1 Å². The van der Waals surface area contributed by atoms with E-state index in [4.69, 9.17) is 0 Å². The molecule has 1 saturated carbocycles. The second kappa shape index (κ2) is 5.71. The van der Waals surface area contributed by atoms with E-state index in [1.54, 1.807) is 10.4 Å². The SMILES string of the molecule is CC(C)CCN(C1CC1)S(=O)(=O)c1ccc2c(c1)CNC2. The van der Waals surface area contributed by atoms with Crippen LogP contribution in [0.5, 0.6) is 0 Å². The van der Waals surface area contributed by atoms with Gasteiger partial charge >= 0.3 is 0 Å². The van der Waals surface area contributed by atoms with Crippen LogP contribution in [0.3, 0.4) is 0 Å². The summed E-state index contributed by atoms with van der Waals surface area (Å²) >= 11 is 0. The van der Waals surface area contributed by atoms with Gasteiger partial charge in [0.05, 0.1) is 4.90 Å². The molecule has 3 rings (SSSR count). The lowest BCUT2D eigenvalue weighted by Gasteiger charge is -2.23. The summed E-state index contributed by atoms with van der Waals surface area (Å²) in [5.41, 5.74) is 2.34. The number of sulfonamides is 1. The van der Waals surface area contributed by atoms with E-state index in [0.717, 1.165) is 37.9 Å². The van der Waals surface area contributed by atoms with Crippen molar-refractivity contribution in [2.75, 3.05) is 6.54 Å². The van der Waals surface area contributed by atoms with Crippen molar-refractivity contribution in [2.45, 2.75) is 57.1 Å². The average Bonchev–Trinajstić information content (AvgIpc) is 3.14. The van der Waals surface area contributed by atoms with Crippen molar-refractivity contribution in [2.24, 2.45) is 5.92 Å². The maximum Gasteiger partial charge on any atom is 0.243 e. The second-order valence-corrected chi connectivity index (χ2v) is 8.45. The van der Waals surface area contributed by atoms with Gasteiger partial charge < -0.3 is 5.32 Å². The molecule has 1 aromatic carbocycles. The van der Waals surface area contributed by atoms with Crippen LogP contribution in [0.4, 0.5) is 0 Å². The minimum absolute atomic E-state index is 0.222. The molecule has 21 heavy (non-hydrogen) atoms. The summed E-state index contributed by atoms with van der Waals surface area (Å²) < 4.78 is 27.6. The van der Waals surface area contributed by atoms with Crippen molar-refractivity contribution >= 4 is 10.0 Å². The third kappa shape index (κ3) is 3.15. The molecule has 2 aliphatic rings. The predicted molar refractivity (Wildman–Crippen MR) is 83.4 cm³/mol. The van der Waals surface area contributed by atoms with E-state index in [2.05, 4.69) is 19.2 Å². The lowest BCUT2D eigenvalue weighted by Crippen LogP contribution is -2.34. The van der Waals surface area contributed by atoms with Crippen LogP contribution in [0.15, 0.2) is 23.1 Å². The van der Waals surface area contributed by atoms with Gasteiger partial charge in [0.25, 0.3) is 0 Å². The fraction of sp³-hybridized carbons (Fsp3) is 0.625. The fourth-order valence-corrected chi connectivity index (χ4v) is 4.57. The maximum absolute atomic E-state index is 12.9. The Morgan fingerprint density at radius 1 is 1.24 bits per heavy atom. The maximum atomic E-state index is 12.9. The van der Waals surface area contributed by atoms with Crippen molar-refractivity contribution in [3.63, 3.8) is 0 Å². The van der Waals surface area contributed by atoms with Crippen LogP contribution in [0.1, 0.15) is 44.2 Å². The van der Waals surface area contributed by atoms with Crippen molar-refractivity contribution in [1.82, 2.24) is 9.62 Å². The van der Waals surface area contributed by atoms with Gasteiger partial charge in [-0.1, -0.05) is 19.9 Å². The molecular formula is C16H24N2O2S. The van der Waals surface area contributed by atoms with Crippen molar-refractivity contribution in [3.05, 3.63) is 29.3 Å². The molecule has 1 N–H and O–H groups in total. The molecule has 0 unspecified atom stereocenters. The molecule has 0 atom stereocenters. The smallest absolute Gasteiger partial charge is 0.243 e. The first-order valence-electron chi connectivity index (χ1n) is 7.83. The van der Waals surface area contributed by atoms with Crippen molar-refractivity contribution in [3.8, 4) is 0 Å². The molecular weight excluding hydrogens is 284 g/mol. The molecule has 0 bridgehead atoms. The Labute approximate surface area is 127 Å². The zero-order valence-corrected chi connectivity index (χ0v) is 13.6. The molecule has 1 fully saturated rings. The van der Waals surface area contributed by atoms with E-state index in [-0.39, 0.29) is 6.04 Å². The van der Waals surface area contributed by atoms with Gasteiger partial charge in [0.15, 0.2) is 0 Å². The minimum atomic E-state index is -3.35. The van der Waals surface area contributed by atoms with E-state index >= 15 is 0 Å². The summed E-state index contributed by atoms with van der Waals surface area (Å²) in [4.78, 5) is 0.459. The molecule has 0 spiro atoms. The van der Waals surface area contributed by atoms with E-state index in [9.17, 15) is 8.42 Å². The summed E-state index contributed by atoms with van der Waals surface area (Å²) in [5.74, 6) is 0.519. The zero-order chi connectivity index (χ0) is 15.0. The number of nitrogens with zero attached hydrogens (tertiary/aromatic N) is 1. The predicted octanol–water partition coefficient (Wildman–Crippen LogP) is 2.49. The Balaban J connectivity index is 1.86. The summed E-state index contributed by atoms with van der Waals surface area (Å²) in [5, 5.41) is 3.26. The molecule has 1 aliphatic heterocycles. The second-order valence-electron chi connectivity index (χ2n) is 6.56. The standard InChI is InChI=1S/C16H24N2O2S/c1-12(2)7-8-18(15-4-5-15)21(19,20)16-6-3-13-10-17-11-14(13)9-16/h3,6,9,12,15,17H,4-5,7-8,10-11H2,1-2H3. The quantitative estimate of drug-likeness (QED) is 0.878. The van der Waals surface area contributed by atoms with E-state index in [1.807, 2.05) is 12.1 Å². The summed E-state index contributed by atoms with van der Waals surface area (Å²) in [7, 11) is -3.35. The van der Waals surface area contributed by atoms with Gasteiger partial charge in [-0.15, -0.1) is 0 Å². The van der Waals surface area contributed by atoms with Crippen LogP contribution in [0.2, 0.25) is 0 Å². The van der Waals surface area contributed by atoms with E-state index in [0.29, 0.717) is 17.4 Å². The number of hydrogen-bond acceptors (Lipinski definition) is 3. The fourth-order valence-electron chi connectivity index (χ4n) is 2.81. The molecule has 4 nitrogen and oxygen atoms in total. The lowest BCUT2D eigenvalue weighted by molar-refractivity contribution is 0.373. The van der Waals surface area contributed by atoms with Gasteiger partial charge in [-0.3, -0.25) is 0 Å². The first kappa shape index (κ1) is 15.0. The highest BCUT2D eigenvalue weighted by Crippen LogP contribution is 2.33. The van der Waals surface area contributed by atoms with Gasteiger partial charge in [0.1, 0.15) is 0 Å². The van der Waals surface area contributed by atoms with Crippen molar-refractivity contribution < 1.29 is 8.42 Å². The van der Waals surface area contributed by atoms with Crippen molar-refractivity contribution in [1.29, 1.82) is 0 Å². The zero-order valence-electron chi connectivity index (χ0n) is 12.8. The van der Waals surface area contributed by atoms with E-state index in [1.165, 1.54) is 5.56 Å². The number of fused-ring (bicyclic) bond motifs is 1. The third-order valence-corrected chi connectivity index (χ3v) is 6.24. The Hall–Kier alpha value is -0.910. The molecule has 0 aromatic heterocycles. The summed E-state index contributed by atoms with van der Waals surface area (Å²) in [6.07, 6.45) is 2.93. The molecule has 1 aliphatic carbocycles.